The van der Waals surface area contributed by atoms with Gasteiger partial charge in [0, 0.05) is 43.5 Å². The van der Waals surface area contributed by atoms with E-state index in [4.69, 9.17) is 4.74 Å². The van der Waals surface area contributed by atoms with Crippen molar-refractivity contribution in [1.82, 2.24) is 19.7 Å². The molecule has 2 fully saturated rings. The van der Waals surface area contributed by atoms with Gasteiger partial charge in [0.25, 0.3) is 11.8 Å². The van der Waals surface area contributed by atoms with Crippen molar-refractivity contribution in [2.45, 2.75) is 51.2 Å². The van der Waals surface area contributed by atoms with E-state index in [2.05, 4.69) is 10.2 Å². The van der Waals surface area contributed by atoms with Crippen LogP contribution in [0.15, 0.2) is 59.5 Å². The molecule has 3 aliphatic heterocycles. The third-order valence-corrected chi connectivity index (χ3v) is 7.86. The molecule has 0 aliphatic carbocycles. The number of nitrogens with zero attached hydrogens (tertiary/aromatic N) is 3. The first-order chi connectivity index (χ1) is 18.9. The average Bonchev–Trinajstić information content (AvgIpc) is 3.42. The minimum absolute atomic E-state index is 0.0415. The maximum absolute atomic E-state index is 14.1. The predicted molar refractivity (Wildman–Crippen MR) is 138 cm³/mol. The Hall–Kier alpha value is -4.05. The number of rotatable bonds is 6. The molecule has 3 aliphatic rings. The third-order valence-electron chi connectivity index (χ3n) is 7.86. The second kappa shape index (κ2) is 10.3. The van der Waals surface area contributed by atoms with Crippen LogP contribution < -0.4 is 15.5 Å². The maximum Gasteiger partial charge on any atom is 0.275 e. The van der Waals surface area contributed by atoms with Crippen molar-refractivity contribution in [1.29, 1.82) is 0 Å². The zero-order chi connectivity index (χ0) is 27.1. The van der Waals surface area contributed by atoms with Crippen LogP contribution in [0.1, 0.15) is 51.2 Å². The van der Waals surface area contributed by atoms with Crippen LogP contribution in [-0.4, -0.2) is 51.5 Å². The summed E-state index contributed by atoms with van der Waals surface area (Å²) >= 11 is 0. The summed E-state index contributed by atoms with van der Waals surface area (Å²) in [7, 11) is 0. The van der Waals surface area contributed by atoms with E-state index >= 15 is 0 Å². The monoisotopic (exact) mass is 534 g/mol. The highest BCUT2D eigenvalue weighted by Gasteiger charge is 2.45. The molecule has 2 saturated heterocycles. The quantitative estimate of drug-likeness (QED) is 0.525. The Kier molecular flexibility index (Phi) is 6.64. The Morgan fingerprint density at radius 1 is 1.05 bits per heavy atom. The normalized spacial score (nSPS) is 20.3. The Balaban J connectivity index is 1.35. The van der Waals surface area contributed by atoms with Gasteiger partial charge in [-0.15, -0.1) is 0 Å². The smallest absolute Gasteiger partial charge is 0.275 e. The second-order valence-corrected chi connectivity index (χ2v) is 10.2. The van der Waals surface area contributed by atoms with E-state index in [-0.39, 0.29) is 47.8 Å². The molecule has 39 heavy (non-hydrogen) atoms. The van der Waals surface area contributed by atoms with Gasteiger partial charge in [0.15, 0.2) is 11.4 Å². The first-order valence-corrected chi connectivity index (χ1v) is 13.1. The highest BCUT2D eigenvalue weighted by Crippen LogP contribution is 2.35. The molecule has 0 bridgehead atoms. The number of pyridine rings is 1. The van der Waals surface area contributed by atoms with Gasteiger partial charge in [-0.25, -0.2) is 8.78 Å². The lowest BCUT2D eigenvalue weighted by molar-refractivity contribution is -0.0213. The number of carbonyl (C=O) groups is 2. The molecule has 0 radical (unpaired) electrons. The molecule has 4 heterocycles. The van der Waals surface area contributed by atoms with Crippen LogP contribution in [0.3, 0.4) is 0 Å². The van der Waals surface area contributed by atoms with E-state index < -0.39 is 23.0 Å². The zero-order valence-corrected chi connectivity index (χ0v) is 21.2. The molecule has 1 aromatic heterocycles. The topological polar surface area (TPSA) is 83.9 Å². The van der Waals surface area contributed by atoms with Crippen LogP contribution in [-0.2, 0) is 19.7 Å². The molecule has 202 valence electrons. The number of aromatic nitrogens is 1. The predicted octanol–water partition coefficient (Wildman–Crippen LogP) is 3.29. The molecular weight excluding hydrogens is 506 g/mol. The Morgan fingerprint density at radius 3 is 2.67 bits per heavy atom. The lowest BCUT2D eigenvalue weighted by atomic mass is 10.0. The SMILES string of the molecule is O=C(NCc1ccc(F)cc1F)c1cn2c(c(OCc3ccccc3)c1=O)C(=O)N1CCC3CCCN3C1C2. The fraction of sp³-hybridized carbons (Fsp3) is 0.345. The van der Waals surface area contributed by atoms with Crippen molar-refractivity contribution in [3.05, 3.63) is 99.0 Å². The van der Waals surface area contributed by atoms with Crippen LogP contribution in [0.4, 0.5) is 8.78 Å². The van der Waals surface area contributed by atoms with Crippen LogP contribution in [0.5, 0.6) is 5.75 Å². The standard InChI is InChI=1S/C29H28F2N4O4/c30-20-9-8-19(23(31)13-20)14-32-28(37)22-15-33-16-24-34-11-4-7-21(34)10-12-35(24)29(38)25(33)27(26(22)36)39-17-18-5-2-1-3-6-18/h1-3,5-6,8-9,13,15,21,24H,4,7,10-12,14,16-17H2,(H,32,37). The van der Waals surface area contributed by atoms with Crippen molar-refractivity contribution < 1.29 is 23.1 Å². The molecule has 6 rings (SSSR count). The number of carbonyl (C=O) groups excluding carboxylic acids is 2. The molecule has 3 aromatic rings. The summed E-state index contributed by atoms with van der Waals surface area (Å²) in [6.45, 7) is 1.69. The highest BCUT2D eigenvalue weighted by atomic mass is 19.1. The zero-order valence-electron chi connectivity index (χ0n) is 21.2. The lowest BCUT2D eigenvalue weighted by Gasteiger charge is -2.48. The summed E-state index contributed by atoms with van der Waals surface area (Å²) in [4.78, 5) is 44.7. The molecule has 2 atom stereocenters. The largest absolute Gasteiger partial charge is 0.483 e. The van der Waals surface area contributed by atoms with Gasteiger partial charge in [0.05, 0.1) is 6.54 Å². The van der Waals surface area contributed by atoms with E-state index in [0.29, 0.717) is 19.1 Å². The minimum Gasteiger partial charge on any atom is -0.483 e. The number of hydrogen-bond donors (Lipinski definition) is 1. The van der Waals surface area contributed by atoms with E-state index in [9.17, 15) is 23.2 Å². The number of nitrogens with one attached hydrogen (secondary N) is 1. The average molecular weight is 535 g/mol. The molecule has 0 spiro atoms. The summed E-state index contributed by atoms with van der Waals surface area (Å²) in [5, 5.41) is 2.55. The van der Waals surface area contributed by atoms with Crippen molar-refractivity contribution in [3.63, 3.8) is 0 Å². The van der Waals surface area contributed by atoms with Crippen molar-refractivity contribution in [3.8, 4) is 5.75 Å². The first-order valence-electron chi connectivity index (χ1n) is 13.1. The number of hydrogen-bond acceptors (Lipinski definition) is 5. The summed E-state index contributed by atoms with van der Waals surface area (Å²) in [5.41, 5.74) is 0.0928. The Morgan fingerprint density at radius 2 is 1.87 bits per heavy atom. The summed E-state index contributed by atoms with van der Waals surface area (Å²) in [6.07, 6.45) is 4.28. The maximum atomic E-state index is 14.1. The number of halogens is 2. The van der Waals surface area contributed by atoms with Gasteiger partial charge < -0.3 is 19.5 Å². The number of fused-ring (bicyclic) bond motifs is 4. The molecule has 2 amide bonds. The van der Waals surface area contributed by atoms with Gasteiger partial charge in [0.1, 0.15) is 30.0 Å². The number of amides is 2. The molecule has 10 heteroatoms. The van der Waals surface area contributed by atoms with Crippen molar-refractivity contribution in [2.75, 3.05) is 13.1 Å². The van der Waals surface area contributed by atoms with Crippen LogP contribution in [0.25, 0.3) is 0 Å². The Labute approximate surface area is 223 Å². The van der Waals surface area contributed by atoms with Gasteiger partial charge in [0.2, 0.25) is 5.43 Å². The van der Waals surface area contributed by atoms with Gasteiger partial charge in [-0.1, -0.05) is 36.4 Å². The van der Waals surface area contributed by atoms with Crippen LogP contribution in [0.2, 0.25) is 0 Å². The van der Waals surface area contributed by atoms with E-state index in [1.54, 1.807) is 4.57 Å². The second-order valence-electron chi connectivity index (χ2n) is 10.2. The molecule has 2 aromatic carbocycles. The summed E-state index contributed by atoms with van der Waals surface area (Å²) < 4.78 is 35.0. The molecule has 1 N–H and O–H groups in total. The fourth-order valence-corrected chi connectivity index (χ4v) is 5.89. The number of ether oxygens (including phenoxy) is 1. The van der Waals surface area contributed by atoms with Crippen molar-refractivity contribution >= 4 is 11.8 Å². The first kappa shape index (κ1) is 25.2. The van der Waals surface area contributed by atoms with Gasteiger partial charge in [-0.05, 0) is 30.9 Å². The van der Waals surface area contributed by atoms with E-state index in [1.165, 1.54) is 12.3 Å². The number of benzene rings is 2. The van der Waals surface area contributed by atoms with Crippen molar-refractivity contribution in [2.24, 2.45) is 0 Å². The van der Waals surface area contributed by atoms with E-state index in [1.807, 2.05) is 35.2 Å². The van der Waals surface area contributed by atoms with Gasteiger partial charge in [-0.3, -0.25) is 19.3 Å². The van der Waals surface area contributed by atoms with Gasteiger partial charge >= 0.3 is 0 Å². The molecule has 8 nitrogen and oxygen atoms in total. The van der Waals surface area contributed by atoms with E-state index in [0.717, 1.165) is 43.5 Å². The molecule has 2 unspecified atom stereocenters. The molecule has 0 saturated carbocycles. The van der Waals surface area contributed by atoms with Crippen LogP contribution in [0, 0.1) is 11.6 Å². The minimum atomic E-state index is -0.799. The fourth-order valence-electron chi connectivity index (χ4n) is 5.89. The highest BCUT2D eigenvalue weighted by molar-refractivity contribution is 5.99. The van der Waals surface area contributed by atoms with Gasteiger partial charge in [-0.2, -0.15) is 0 Å². The lowest BCUT2D eigenvalue weighted by Crippen LogP contribution is -2.62. The summed E-state index contributed by atoms with van der Waals surface area (Å²) in [6, 6.07) is 12.7. The third kappa shape index (κ3) is 4.69. The molecular formula is C29H28F2N4O4. The Bertz CT molecular complexity index is 1490. The van der Waals surface area contributed by atoms with Crippen LogP contribution >= 0.6 is 0 Å². The summed E-state index contributed by atoms with van der Waals surface area (Å²) in [5.74, 6) is -2.73.